The number of hydrogen-bond acceptors (Lipinski definition) is 3. The molecule has 0 radical (unpaired) electrons. The van der Waals surface area contributed by atoms with E-state index in [2.05, 4.69) is 58.8 Å². The van der Waals surface area contributed by atoms with Gasteiger partial charge in [0.25, 0.3) is 0 Å². The molecule has 0 spiro atoms. The lowest BCUT2D eigenvalue weighted by atomic mass is 9.44. The van der Waals surface area contributed by atoms with Crippen molar-refractivity contribution >= 4 is 0 Å². The molecule has 0 heterocycles. The van der Waals surface area contributed by atoms with E-state index in [1.54, 1.807) is 0 Å². The molecule has 0 aliphatic heterocycles. The maximum absolute atomic E-state index is 11.3. The van der Waals surface area contributed by atoms with Crippen molar-refractivity contribution in [2.45, 2.75) is 90.3 Å². The highest BCUT2D eigenvalue weighted by Gasteiger charge is 2.62. The molecule has 3 heteroatoms. The van der Waals surface area contributed by atoms with Gasteiger partial charge in [-0.1, -0.05) is 13.8 Å². The molecule has 4 aliphatic rings. The Morgan fingerprint density at radius 1 is 0.786 bits per heavy atom. The summed E-state index contributed by atoms with van der Waals surface area (Å²) in [5.41, 5.74) is 0.898. The van der Waals surface area contributed by atoms with Gasteiger partial charge < -0.3 is 14.9 Å². The minimum atomic E-state index is -0.131. The highest BCUT2D eigenvalue weighted by molar-refractivity contribution is 5.12. The fourth-order valence-corrected chi connectivity index (χ4v) is 9.07. The fourth-order valence-electron chi connectivity index (χ4n) is 9.07. The first-order valence-corrected chi connectivity index (χ1v) is 12.1. The first kappa shape index (κ1) is 21.1. The largest absolute Gasteiger partial charge is 0.391 e. The molecule has 0 saturated heterocycles. The van der Waals surface area contributed by atoms with Gasteiger partial charge in [0.2, 0.25) is 0 Å². The van der Waals surface area contributed by atoms with Gasteiger partial charge in [-0.25, -0.2) is 0 Å². The molecule has 4 fully saturated rings. The van der Waals surface area contributed by atoms with E-state index in [-0.39, 0.29) is 6.10 Å². The Balaban J connectivity index is 1.57. The normalized spacial score (nSPS) is 52.3. The quantitative estimate of drug-likeness (QED) is 0.769. The second kappa shape index (κ2) is 7.24. The van der Waals surface area contributed by atoms with E-state index in [9.17, 15) is 5.11 Å². The third-order valence-electron chi connectivity index (χ3n) is 10.9. The van der Waals surface area contributed by atoms with Crippen molar-refractivity contribution in [3.8, 4) is 0 Å². The minimum absolute atomic E-state index is 0.131. The van der Waals surface area contributed by atoms with Crippen LogP contribution in [0.3, 0.4) is 0 Å². The summed E-state index contributed by atoms with van der Waals surface area (Å²) in [5, 5.41) is 11.3. The van der Waals surface area contributed by atoms with E-state index in [4.69, 9.17) is 0 Å². The Morgan fingerprint density at radius 2 is 1.39 bits per heavy atom. The van der Waals surface area contributed by atoms with Crippen molar-refractivity contribution in [1.29, 1.82) is 0 Å². The molecular formula is C25H46N2O. The average molecular weight is 391 g/mol. The van der Waals surface area contributed by atoms with Gasteiger partial charge in [-0.15, -0.1) is 0 Å². The van der Waals surface area contributed by atoms with Gasteiger partial charge in [0.05, 0.1) is 6.10 Å². The second-order valence-corrected chi connectivity index (χ2v) is 12.1. The Hall–Kier alpha value is -0.120. The Labute approximate surface area is 174 Å². The number of hydrogen-bond donors (Lipinski definition) is 1. The Kier molecular flexibility index (Phi) is 5.46. The van der Waals surface area contributed by atoms with Crippen LogP contribution in [-0.2, 0) is 0 Å². The molecule has 4 aliphatic carbocycles. The molecule has 4 saturated carbocycles. The van der Waals surface area contributed by atoms with Gasteiger partial charge in [0.1, 0.15) is 0 Å². The molecule has 4 rings (SSSR count). The Bertz CT molecular complexity index is 577. The van der Waals surface area contributed by atoms with E-state index in [1.165, 1.54) is 51.4 Å². The zero-order valence-corrected chi connectivity index (χ0v) is 19.6. The smallest absolute Gasteiger partial charge is 0.0728 e. The van der Waals surface area contributed by atoms with E-state index >= 15 is 0 Å². The van der Waals surface area contributed by atoms with Gasteiger partial charge in [-0.3, -0.25) is 0 Å². The summed E-state index contributed by atoms with van der Waals surface area (Å²) in [6.07, 6.45) is 10.7. The van der Waals surface area contributed by atoms with Crippen LogP contribution >= 0.6 is 0 Å². The van der Waals surface area contributed by atoms with Crippen LogP contribution in [0, 0.1) is 40.4 Å². The maximum Gasteiger partial charge on any atom is 0.0728 e. The van der Waals surface area contributed by atoms with Crippen molar-refractivity contribution in [1.82, 2.24) is 9.80 Å². The van der Waals surface area contributed by atoms with Crippen LogP contribution in [0.1, 0.15) is 72.1 Å². The minimum Gasteiger partial charge on any atom is -0.391 e. The van der Waals surface area contributed by atoms with Gasteiger partial charge in [0, 0.05) is 12.1 Å². The average Bonchev–Trinajstić information content (AvgIpc) is 2.97. The van der Waals surface area contributed by atoms with E-state index in [0.717, 1.165) is 23.7 Å². The summed E-state index contributed by atoms with van der Waals surface area (Å²) < 4.78 is 0. The topological polar surface area (TPSA) is 26.7 Å². The highest BCUT2D eigenvalue weighted by atomic mass is 16.3. The molecule has 1 N–H and O–H groups in total. The summed E-state index contributed by atoms with van der Waals surface area (Å²) in [4.78, 5) is 4.74. The first-order valence-electron chi connectivity index (χ1n) is 12.1. The monoisotopic (exact) mass is 390 g/mol. The summed E-state index contributed by atoms with van der Waals surface area (Å²) in [7, 11) is 8.84. The van der Waals surface area contributed by atoms with Crippen molar-refractivity contribution in [2.75, 3.05) is 28.2 Å². The van der Waals surface area contributed by atoms with Crippen LogP contribution in [0.4, 0.5) is 0 Å². The lowest BCUT2D eigenvalue weighted by Crippen LogP contribution is -2.60. The summed E-state index contributed by atoms with van der Waals surface area (Å²) in [5.74, 6) is 4.03. The second-order valence-electron chi connectivity index (χ2n) is 12.1. The van der Waals surface area contributed by atoms with Gasteiger partial charge in [-0.2, -0.15) is 0 Å². The lowest BCUT2D eigenvalue weighted by Gasteiger charge is -2.62. The van der Waals surface area contributed by atoms with Crippen LogP contribution < -0.4 is 0 Å². The molecule has 3 nitrogen and oxygen atoms in total. The molecule has 28 heavy (non-hydrogen) atoms. The number of rotatable bonds is 3. The van der Waals surface area contributed by atoms with Crippen molar-refractivity contribution in [2.24, 2.45) is 40.4 Å². The van der Waals surface area contributed by atoms with Gasteiger partial charge in [0.15, 0.2) is 0 Å². The number of aliphatic hydroxyl groups excluding tert-OH is 1. The van der Waals surface area contributed by atoms with Crippen molar-refractivity contribution < 1.29 is 5.11 Å². The highest BCUT2D eigenvalue weighted by Crippen LogP contribution is 2.68. The van der Waals surface area contributed by atoms with Crippen molar-refractivity contribution in [3.63, 3.8) is 0 Å². The summed E-state index contributed by atoms with van der Waals surface area (Å²) in [6.45, 7) is 7.68. The van der Waals surface area contributed by atoms with Gasteiger partial charge in [-0.05, 0) is 127 Å². The van der Waals surface area contributed by atoms with Crippen LogP contribution in [0.15, 0.2) is 0 Å². The molecule has 0 aromatic rings. The van der Waals surface area contributed by atoms with Crippen LogP contribution in [0.5, 0.6) is 0 Å². The predicted molar refractivity (Wildman–Crippen MR) is 117 cm³/mol. The molecule has 0 amide bonds. The molecular weight excluding hydrogens is 344 g/mol. The third-order valence-corrected chi connectivity index (χ3v) is 10.9. The van der Waals surface area contributed by atoms with E-state index < -0.39 is 0 Å². The molecule has 162 valence electrons. The summed E-state index contributed by atoms with van der Waals surface area (Å²) >= 11 is 0. The van der Waals surface area contributed by atoms with Crippen molar-refractivity contribution in [3.05, 3.63) is 0 Å². The fraction of sp³-hybridized carbons (Fsp3) is 1.00. The molecule has 0 unspecified atom stereocenters. The number of likely N-dealkylation sites (N-methyl/N-ethyl adjacent to an activating group) is 1. The standard InChI is InChI=1S/C25H46N2O/c1-16(26(4)5)18-10-11-19-17-8-9-21-23(28)22(27(6)7)13-15-25(21,3)20(17)12-14-24(18,19)2/h16-23,28H,8-15H2,1-7H3/t16-,17-,18+,19-,20-,21-,22+,23+,24+,25+/m0/s1. The lowest BCUT2D eigenvalue weighted by molar-refractivity contribution is -0.161. The van der Waals surface area contributed by atoms with E-state index in [1.807, 2.05) is 0 Å². The Morgan fingerprint density at radius 3 is 2.04 bits per heavy atom. The number of nitrogens with zero attached hydrogens (tertiary/aromatic N) is 2. The third kappa shape index (κ3) is 2.94. The van der Waals surface area contributed by atoms with Crippen LogP contribution in [0.25, 0.3) is 0 Å². The van der Waals surface area contributed by atoms with E-state index in [0.29, 0.717) is 28.8 Å². The molecule has 0 bridgehead atoms. The maximum atomic E-state index is 11.3. The zero-order valence-electron chi connectivity index (χ0n) is 19.6. The predicted octanol–water partition coefficient (Wildman–Crippen LogP) is 4.50. The SMILES string of the molecule is C[C@@H]([C@H]1CC[C@H]2[C@@H]3CC[C@H]4[C@@H](O)[C@H](N(C)C)CC[C@]4(C)[C@H]3CC[C@]12C)N(C)C. The molecule has 0 aromatic carbocycles. The zero-order chi connectivity index (χ0) is 20.4. The number of fused-ring (bicyclic) bond motifs is 5. The molecule has 10 atom stereocenters. The van der Waals surface area contributed by atoms with Crippen LogP contribution in [0.2, 0.25) is 0 Å². The summed E-state index contributed by atoms with van der Waals surface area (Å²) in [6, 6.07) is 1.05. The molecule has 0 aromatic heterocycles. The number of aliphatic hydroxyl groups is 1. The van der Waals surface area contributed by atoms with Gasteiger partial charge >= 0.3 is 0 Å². The first-order chi connectivity index (χ1) is 13.1. The van der Waals surface area contributed by atoms with Crippen LogP contribution in [-0.4, -0.2) is 61.3 Å².